The Labute approximate surface area is 115 Å². The number of hydrogen-bond acceptors (Lipinski definition) is 0. The molecule has 2 aromatic carbocycles. The van der Waals surface area contributed by atoms with E-state index in [4.69, 9.17) is 0 Å². The largest absolute Gasteiger partial charge is 0.207 e. The fourth-order valence-electron chi connectivity index (χ4n) is 1.87. The lowest BCUT2D eigenvalue weighted by molar-refractivity contribution is 0.630. The van der Waals surface area contributed by atoms with Crippen molar-refractivity contribution in [3.05, 3.63) is 63.3 Å². The molecule has 3 rings (SSSR count). The number of thiophene rings is 1. The molecule has 3 heteroatoms. The number of fused-ring (bicyclic) bond motifs is 1. The summed E-state index contributed by atoms with van der Waals surface area (Å²) in [7, 11) is -0.0362. The van der Waals surface area contributed by atoms with Crippen molar-refractivity contribution < 1.29 is 4.39 Å². The minimum absolute atomic E-state index is 0.0362. The number of benzene rings is 2. The molecule has 0 amide bonds. The van der Waals surface area contributed by atoms with Gasteiger partial charge in [0.15, 0.2) is 9.60 Å². The van der Waals surface area contributed by atoms with Crippen LogP contribution >= 0.6 is 33.1 Å². The van der Waals surface area contributed by atoms with Crippen LogP contribution in [0.15, 0.2) is 53.9 Å². The highest BCUT2D eigenvalue weighted by atomic mass is 127. The first-order valence-electron chi connectivity index (χ1n) is 5.20. The fraction of sp³-hybridized carbons (Fsp3) is 0. The summed E-state index contributed by atoms with van der Waals surface area (Å²) < 4.78 is 15.6. The number of hydrogen-bond donors (Lipinski definition) is 0. The van der Waals surface area contributed by atoms with Crippen LogP contribution in [0.25, 0.3) is 15.0 Å². The van der Waals surface area contributed by atoms with Gasteiger partial charge in [0.1, 0.15) is 11.2 Å². The van der Waals surface area contributed by atoms with Crippen molar-refractivity contribution in [3.63, 3.8) is 0 Å². The van der Waals surface area contributed by atoms with E-state index in [1.807, 2.05) is 12.1 Å². The highest BCUT2D eigenvalue weighted by molar-refractivity contribution is 14.1. The Morgan fingerprint density at radius 2 is 1.88 bits per heavy atom. The van der Waals surface area contributed by atoms with Gasteiger partial charge in [0.25, 0.3) is 0 Å². The van der Waals surface area contributed by atoms with Crippen molar-refractivity contribution in [3.8, 4) is 4.90 Å². The van der Waals surface area contributed by atoms with Crippen LogP contribution in [0.2, 0.25) is 0 Å². The Morgan fingerprint density at radius 3 is 2.71 bits per heavy atom. The predicted molar refractivity (Wildman–Crippen MR) is 80.4 cm³/mol. The average molecular weight is 355 g/mol. The zero-order chi connectivity index (χ0) is 11.8. The SMILES string of the molecule is Fc1ccc2c(cc[s+]2-c2cccc(I)c2)c1. The second-order valence-corrected chi connectivity index (χ2v) is 6.88. The normalized spacial score (nSPS) is 12.0. The predicted octanol–water partition coefficient (Wildman–Crippen LogP) is 5.32. The van der Waals surface area contributed by atoms with Gasteiger partial charge in [-0.05, 0) is 46.9 Å². The third-order valence-electron chi connectivity index (χ3n) is 2.64. The van der Waals surface area contributed by atoms with E-state index in [0.29, 0.717) is 0 Å². The third-order valence-corrected chi connectivity index (χ3v) is 5.33. The van der Waals surface area contributed by atoms with Gasteiger partial charge in [-0.3, -0.25) is 0 Å². The van der Waals surface area contributed by atoms with Crippen LogP contribution in [0.5, 0.6) is 0 Å². The van der Waals surface area contributed by atoms with Gasteiger partial charge >= 0.3 is 0 Å². The van der Waals surface area contributed by atoms with E-state index in [2.05, 4.69) is 52.2 Å². The molecule has 0 aliphatic carbocycles. The van der Waals surface area contributed by atoms with Crippen molar-refractivity contribution in [1.82, 2.24) is 0 Å². The van der Waals surface area contributed by atoms with Crippen LogP contribution in [0.4, 0.5) is 4.39 Å². The molecule has 0 spiro atoms. The second kappa shape index (κ2) is 4.38. The molecule has 0 saturated carbocycles. The van der Waals surface area contributed by atoms with E-state index in [1.54, 1.807) is 12.1 Å². The van der Waals surface area contributed by atoms with Crippen LogP contribution < -0.4 is 0 Å². The smallest absolute Gasteiger partial charge is 0.186 e. The van der Waals surface area contributed by atoms with Gasteiger partial charge in [0.2, 0.25) is 0 Å². The first kappa shape index (κ1) is 11.2. The van der Waals surface area contributed by atoms with Crippen molar-refractivity contribution >= 4 is 43.1 Å². The van der Waals surface area contributed by atoms with Gasteiger partial charge in [-0.1, -0.05) is 6.07 Å². The summed E-state index contributed by atoms with van der Waals surface area (Å²) in [6.07, 6.45) is 0. The van der Waals surface area contributed by atoms with E-state index in [1.165, 1.54) is 13.2 Å². The standard InChI is InChI=1S/C14H9FIS/c15-11-4-5-14-10(8-11)6-7-17(14)13-3-1-2-12(16)9-13/h1-9H/q+1. The van der Waals surface area contributed by atoms with Crippen molar-refractivity contribution in [2.75, 3.05) is 0 Å². The minimum atomic E-state index is -0.165. The molecule has 3 aromatic rings. The molecule has 0 N–H and O–H groups in total. The van der Waals surface area contributed by atoms with Crippen LogP contribution in [-0.2, 0) is 0 Å². The Balaban J connectivity index is 2.24. The third kappa shape index (κ3) is 2.09. The van der Waals surface area contributed by atoms with Gasteiger partial charge in [-0.15, -0.1) is 0 Å². The maximum Gasteiger partial charge on any atom is 0.186 e. The van der Waals surface area contributed by atoms with Gasteiger partial charge < -0.3 is 0 Å². The minimum Gasteiger partial charge on any atom is -0.207 e. The summed E-state index contributed by atoms with van der Waals surface area (Å²) in [5.41, 5.74) is 0. The highest BCUT2D eigenvalue weighted by Crippen LogP contribution is 2.40. The summed E-state index contributed by atoms with van der Waals surface area (Å²) in [5, 5.41) is 3.17. The Bertz CT molecular complexity index is 688. The van der Waals surface area contributed by atoms with Crippen LogP contribution in [0.3, 0.4) is 0 Å². The molecule has 1 heterocycles. The molecule has 0 radical (unpaired) electrons. The number of rotatable bonds is 1. The van der Waals surface area contributed by atoms with E-state index in [0.717, 1.165) is 5.39 Å². The zero-order valence-corrected chi connectivity index (χ0v) is 11.8. The lowest BCUT2D eigenvalue weighted by Crippen LogP contribution is -1.73. The van der Waals surface area contributed by atoms with Gasteiger partial charge in [-0.2, -0.15) is 0 Å². The highest BCUT2D eigenvalue weighted by Gasteiger charge is 2.15. The van der Waals surface area contributed by atoms with Crippen LogP contribution in [0.1, 0.15) is 0 Å². The molecule has 84 valence electrons. The first-order valence-corrected chi connectivity index (χ1v) is 7.57. The summed E-state index contributed by atoms with van der Waals surface area (Å²) >= 11 is 2.32. The molecule has 0 aliphatic heterocycles. The van der Waals surface area contributed by atoms with E-state index in [9.17, 15) is 4.39 Å². The van der Waals surface area contributed by atoms with Crippen molar-refractivity contribution in [2.24, 2.45) is 0 Å². The van der Waals surface area contributed by atoms with E-state index >= 15 is 0 Å². The molecule has 1 unspecified atom stereocenters. The maximum absolute atomic E-state index is 13.1. The zero-order valence-electron chi connectivity index (χ0n) is 8.86. The average Bonchev–Trinajstić information content (AvgIpc) is 2.71. The molecule has 17 heavy (non-hydrogen) atoms. The topological polar surface area (TPSA) is 0 Å². The summed E-state index contributed by atoms with van der Waals surface area (Å²) in [5.74, 6) is -0.165. The molecule has 1 atom stereocenters. The monoisotopic (exact) mass is 355 g/mol. The molecule has 0 aliphatic rings. The first-order chi connectivity index (χ1) is 8.24. The van der Waals surface area contributed by atoms with E-state index < -0.39 is 0 Å². The molecular weight excluding hydrogens is 346 g/mol. The Kier molecular flexibility index (Phi) is 2.88. The molecule has 0 saturated heterocycles. The maximum atomic E-state index is 13.1. The lowest BCUT2D eigenvalue weighted by Gasteiger charge is -1.93. The molecule has 0 bridgehead atoms. The quantitative estimate of drug-likeness (QED) is 0.409. The number of halogens is 2. The molecule has 1 aromatic heterocycles. The molecular formula is C14H9FIS+. The van der Waals surface area contributed by atoms with Gasteiger partial charge in [-0.25, -0.2) is 4.39 Å². The van der Waals surface area contributed by atoms with Gasteiger partial charge in [0.05, 0.1) is 0 Å². The summed E-state index contributed by atoms with van der Waals surface area (Å²) in [6.45, 7) is 0. The second-order valence-electron chi connectivity index (χ2n) is 3.78. The van der Waals surface area contributed by atoms with E-state index in [-0.39, 0.29) is 16.3 Å². The lowest BCUT2D eigenvalue weighted by atomic mass is 10.3. The van der Waals surface area contributed by atoms with Crippen molar-refractivity contribution in [2.45, 2.75) is 0 Å². The summed E-state index contributed by atoms with van der Waals surface area (Å²) in [6, 6.07) is 15.5. The fourth-order valence-corrected chi connectivity index (χ4v) is 4.54. The van der Waals surface area contributed by atoms with Crippen LogP contribution in [0, 0.1) is 9.39 Å². The Hall–Kier alpha value is -0.940. The Morgan fingerprint density at radius 1 is 1.00 bits per heavy atom. The van der Waals surface area contributed by atoms with Crippen LogP contribution in [-0.4, -0.2) is 0 Å². The van der Waals surface area contributed by atoms with Crippen molar-refractivity contribution in [1.29, 1.82) is 0 Å². The van der Waals surface area contributed by atoms with Gasteiger partial charge in [0, 0.05) is 37.6 Å². The molecule has 0 fully saturated rings. The molecule has 0 nitrogen and oxygen atoms in total. The summed E-state index contributed by atoms with van der Waals surface area (Å²) in [4.78, 5) is 1.29.